The molecule has 0 spiro atoms. The number of nitrogens with zero attached hydrogens (tertiary/aromatic N) is 2. The van der Waals surface area contributed by atoms with Crippen LogP contribution in [0.25, 0.3) is 0 Å². The predicted molar refractivity (Wildman–Crippen MR) is 88.6 cm³/mol. The van der Waals surface area contributed by atoms with Crippen LogP contribution < -0.4 is 0 Å². The van der Waals surface area contributed by atoms with Gasteiger partial charge in [-0.3, -0.25) is 24.1 Å². The lowest BCUT2D eigenvalue weighted by atomic mass is 10.1. The Morgan fingerprint density at radius 1 is 1.25 bits per heavy atom. The summed E-state index contributed by atoms with van der Waals surface area (Å²) >= 11 is 3.24. The van der Waals surface area contributed by atoms with E-state index in [1.807, 2.05) is 6.92 Å². The summed E-state index contributed by atoms with van der Waals surface area (Å²) in [6.07, 6.45) is 0.564. The molecule has 1 N–H and O–H groups in total. The molecule has 1 unspecified atom stereocenters. The fraction of sp³-hybridized carbons (Fsp3) is 0.375. The molecule has 24 heavy (non-hydrogen) atoms. The number of amides is 3. The molecule has 0 aromatic heterocycles. The molecule has 8 heteroatoms. The van der Waals surface area contributed by atoms with Gasteiger partial charge in [-0.25, -0.2) is 0 Å². The maximum Gasteiger partial charge on any atom is 0.323 e. The van der Waals surface area contributed by atoms with E-state index >= 15 is 0 Å². The van der Waals surface area contributed by atoms with Gasteiger partial charge < -0.3 is 10.0 Å². The molecule has 0 aliphatic carbocycles. The number of benzene rings is 1. The van der Waals surface area contributed by atoms with Crippen molar-refractivity contribution in [1.29, 1.82) is 0 Å². The number of carbonyl (C=O) groups excluding carboxylic acids is 3. The van der Waals surface area contributed by atoms with Gasteiger partial charge in [-0.15, -0.1) is 0 Å². The van der Waals surface area contributed by atoms with E-state index in [0.717, 1.165) is 4.90 Å². The Hall–Kier alpha value is -2.22. The highest BCUT2D eigenvalue weighted by atomic mass is 79.9. The monoisotopic (exact) mass is 396 g/mol. The van der Waals surface area contributed by atoms with E-state index in [-0.39, 0.29) is 17.2 Å². The lowest BCUT2D eigenvalue weighted by Gasteiger charge is -2.28. The van der Waals surface area contributed by atoms with Crippen molar-refractivity contribution in [2.24, 2.45) is 0 Å². The number of rotatable bonds is 6. The summed E-state index contributed by atoms with van der Waals surface area (Å²) < 4.78 is 0.655. The van der Waals surface area contributed by atoms with Crippen LogP contribution in [0.4, 0.5) is 0 Å². The molecule has 0 fully saturated rings. The molecule has 1 aromatic rings. The lowest BCUT2D eigenvalue weighted by Crippen LogP contribution is -2.48. The average Bonchev–Trinajstić information content (AvgIpc) is 2.76. The molecule has 128 valence electrons. The molecule has 0 saturated heterocycles. The smallest absolute Gasteiger partial charge is 0.323 e. The van der Waals surface area contributed by atoms with E-state index in [0.29, 0.717) is 10.9 Å². The Bertz CT molecular complexity index is 718. The first-order valence-corrected chi connectivity index (χ1v) is 8.22. The first-order valence-electron chi connectivity index (χ1n) is 7.43. The molecule has 2 rings (SSSR count). The van der Waals surface area contributed by atoms with Gasteiger partial charge in [0.15, 0.2) is 0 Å². The molecule has 1 aliphatic rings. The maximum absolute atomic E-state index is 12.5. The molecule has 0 bridgehead atoms. The molecule has 3 amide bonds. The average molecular weight is 397 g/mol. The summed E-state index contributed by atoms with van der Waals surface area (Å²) in [5, 5.41) is 8.97. The topological polar surface area (TPSA) is 95.0 Å². The van der Waals surface area contributed by atoms with E-state index in [1.54, 1.807) is 13.0 Å². The Kier molecular flexibility index (Phi) is 5.38. The Morgan fingerprint density at radius 2 is 1.88 bits per heavy atom. The molecule has 1 heterocycles. The minimum atomic E-state index is -1.14. The number of halogens is 1. The van der Waals surface area contributed by atoms with Crippen molar-refractivity contribution < 1.29 is 24.3 Å². The van der Waals surface area contributed by atoms with Crippen LogP contribution in [0.15, 0.2) is 22.7 Å². The summed E-state index contributed by atoms with van der Waals surface area (Å²) in [5.74, 6) is -2.81. The zero-order valence-electron chi connectivity index (χ0n) is 13.3. The molecule has 1 aromatic carbocycles. The number of carboxylic acid groups (broad SMARTS) is 1. The molecule has 1 atom stereocenters. The first kappa shape index (κ1) is 18.1. The number of hydrogen-bond acceptors (Lipinski definition) is 4. The third kappa shape index (κ3) is 3.48. The van der Waals surface area contributed by atoms with Crippen LogP contribution in [-0.4, -0.2) is 57.7 Å². The summed E-state index contributed by atoms with van der Waals surface area (Å²) in [6.45, 7) is 2.61. The zero-order valence-corrected chi connectivity index (χ0v) is 14.9. The number of carboxylic acids is 1. The van der Waals surface area contributed by atoms with Gasteiger partial charge in [0.1, 0.15) is 13.1 Å². The van der Waals surface area contributed by atoms with Crippen molar-refractivity contribution in [1.82, 2.24) is 9.80 Å². The van der Waals surface area contributed by atoms with Crippen LogP contribution in [0, 0.1) is 0 Å². The standard InChI is InChI=1S/C16H17BrN2O5/c1-3-9(2)18(8-14(21)22)13(20)7-19-15(23)11-5-4-10(17)6-12(11)16(19)24/h4-6,9H,3,7-8H2,1-2H3,(H,21,22). The zero-order chi connectivity index (χ0) is 18.0. The second-order valence-electron chi connectivity index (χ2n) is 5.56. The maximum atomic E-state index is 12.5. The van der Waals surface area contributed by atoms with Crippen molar-refractivity contribution >= 4 is 39.6 Å². The van der Waals surface area contributed by atoms with Gasteiger partial charge >= 0.3 is 5.97 Å². The Labute approximate surface area is 147 Å². The molecule has 7 nitrogen and oxygen atoms in total. The normalized spacial score (nSPS) is 14.5. The highest BCUT2D eigenvalue weighted by Gasteiger charge is 2.38. The molecule has 0 radical (unpaired) electrons. The van der Waals surface area contributed by atoms with E-state index in [1.165, 1.54) is 17.0 Å². The van der Waals surface area contributed by atoms with Gasteiger partial charge in [-0.1, -0.05) is 22.9 Å². The highest BCUT2D eigenvalue weighted by molar-refractivity contribution is 9.10. The van der Waals surface area contributed by atoms with E-state index in [2.05, 4.69) is 15.9 Å². The summed E-state index contributed by atoms with van der Waals surface area (Å²) in [7, 11) is 0. The van der Waals surface area contributed by atoms with Crippen LogP contribution in [0.3, 0.4) is 0 Å². The van der Waals surface area contributed by atoms with E-state index in [4.69, 9.17) is 5.11 Å². The largest absolute Gasteiger partial charge is 0.480 e. The Balaban J connectivity index is 2.21. The third-order valence-electron chi connectivity index (χ3n) is 3.97. The molecular formula is C16H17BrN2O5. The third-order valence-corrected chi connectivity index (χ3v) is 4.47. The van der Waals surface area contributed by atoms with Crippen LogP contribution in [-0.2, 0) is 9.59 Å². The molecular weight excluding hydrogens is 380 g/mol. The second kappa shape index (κ2) is 7.12. The van der Waals surface area contributed by atoms with Gasteiger partial charge in [0.2, 0.25) is 5.91 Å². The molecule has 0 saturated carbocycles. The summed E-state index contributed by atoms with van der Waals surface area (Å²) in [5.41, 5.74) is 0.472. The van der Waals surface area contributed by atoms with Crippen LogP contribution in [0.1, 0.15) is 41.0 Å². The van der Waals surface area contributed by atoms with Crippen LogP contribution in [0.5, 0.6) is 0 Å². The fourth-order valence-corrected chi connectivity index (χ4v) is 2.85. The number of aliphatic carboxylic acids is 1. The minimum absolute atomic E-state index is 0.232. The predicted octanol–water partition coefficient (Wildman–Crippen LogP) is 1.76. The number of imide groups is 1. The number of hydrogen-bond donors (Lipinski definition) is 1. The minimum Gasteiger partial charge on any atom is -0.480 e. The van der Waals surface area contributed by atoms with Gasteiger partial charge in [0.25, 0.3) is 11.8 Å². The van der Waals surface area contributed by atoms with Crippen molar-refractivity contribution in [3.05, 3.63) is 33.8 Å². The quantitative estimate of drug-likeness (QED) is 0.739. The first-order chi connectivity index (χ1) is 11.3. The summed E-state index contributed by atoms with van der Waals surface area (Å²) in [4.78, 5) is 50.2. The van der Waals surface area contributed by atoms with Crippen LogP contribution >= 0.6 is 15.9 Å². The summed E-state index contributed by atoms with van der Waals surface area (Å²) in [6, 6.07) is 4.39. The highest BCUT2D eigenvalue weighted by Crippen LogP contribution is 2.26. The lowest BCUT2D eigenvalue weighted by molar-refractivity contribution is -0.146. The van der Waals surface area contributed by atoms with Crippen molar-refractivity contribution in [2.45, 2.75) is 26.3 Å². The Morgan fingerprint density at radius 3 is 2.46 bits per heavy atom. The second-order valence-corrected chi connectivity index (χ2v) is 6.47. The van der Waals surface area contributed by atoms with Crippen molar-refractivity contribution in [2.75, 3.05) is 13.1 Å². The van der Waals surface area contributed by atoms with Crippen LogP contribution in [0.2, 0.25) is 0 Å². The van der Waals surface area contributed by atoms with Crippen molar-refractivity contribution in [3.8, 4) is 0 Å². The number of fused-ring (bicyclic) bond motifs is 1. The molecule has 1 aliphatic heterocycles. The number of carbonyl (C=O) groups is 4. The van der Waals surface area contributed by atoms with Gasteiger partial charge in [0, 0.05) is 10.5 Å². The van der Waals surface area contributed by atoms with Gasteiger partial charge in [-0.05, 0) is 31.5 Å². The van der Waals surface area contributed by atoms with E-state index in [9.17, 15) is 19.2 Å². The van der Waals surface area contributed by atoms with Gasteiger partial charge in [0.05, 0.1) is 11.1 Å². The van der Waals surface area contributed by atoms with Gasteiger partial charge in [-0.2, -0.15) is 0 Å². The van der Waals surface area contributed by atoms with E-state index < -0.39 is 36.8 Å². The fourth-order valence-electron chi connectivity index (χ4n) is 2.49. The SMILES string of the molecule is CCC(C)N(CC(=O)O)C(=O)CN1C(=O)c2ccc(Br)cc2C1=O. The van der Waals surface area contributed by atoms with Crippen molar-refractivity contribution in [3.63, 3.8) is 0 Å².